The molecule has 0 fully saturated rings. The van der Waals surface area contributed by atoms with Gasteiger partial charge in [0.05, 0.1) is 19.0 Å². The van der Waals surface area contributed by atoms with Crippen LogP contribution in [-0.2, 0) is 17.9 Å². The van der Waals surface area contributed by atoms with Crippen molar-refractivity contribution in [2.24, 2.45) is 5.92 Å². The van der Waals surface area contributed by atoms with Crippen LogP contribution in [0.25, 0.3) is 0 Å². The molecule has 2 rings (SSSR count). The zero-order valence-electron chi connectivity index (χ0n) is 10.00. The average Bonchev–Trinajstić information content (AvgIpc) is 2.97. The van der Waals surface area contributed by atoms with E-state index in [2.05, 4.69) is 25.6 Å². The monoisotopic (exact) mass is 249 g/mol. The number of anilines is 1. The molecule has 2 heterocycles. The highest BCUT2D eigenvalue weighted by Crippen LogP contribution is 2.00. The van der Waals surface area contributed by atoms with E-state index in [9.17, 15) is 4.79 Å². The van der Waals surface area contributed by atoms with E-state index in [1.807, 2.05) is 19.2 Å². The van der Waals surface area contributed by atoms with Crippen LogP contribution < -0.4 is 11.1 Å². The summed E-state index contributed by atoms with van der Waals surface area (Å²) in [6, 6.07) is 1.82. The second-order valence-corrected chi connectivity index (χ2v) is 3.99. The van der Waals surface area contributed by atoms with Crippen LogP contribution in [-0.4, -0.2) is 30.9 Å². The van der Waals surface area contributed by atoms with Crippen LogP contribution in [0.1, 0.15) is 12.7 Å². The van der Waals surface area contributed by atoms with E-state index in [0.29, 0.717) is 12.4 Å². The fourth-order valence-electron chi connectivity index (χ4n) is 1.51. The maximum absolute atomic E-state index is 11.8. The molecule has 0 spiro atoms. The maximum atomic E-state index is 11.8. The van der Waals surface area contributed by atoms with Crippen molar-refractivity contribution in [2.45, 2.75) is 20.0 Å². The standard InChI is InChI=1S/C10H15N7O/c1-7(6-17-4-2-3-13-17)9(18)12-5-8-14-10(11)16-15-8/h2-4,7H,5-6H2,1H3,(H,12,18)(H3,11,14,15,16)/t7-/m1/s1. The molecule has 0 saturated heterocycles. The molecular weight excluding hydrogens is 234 g/mol. The van der Waals surface area contributed by atoms with E-state index in [1.165, 1.54) is 0 Å². The summed E-state index contributed by atoms with van der Waals surface area (Å²) in [6.07, 6.45) is 3.50. The number of hydrogen-bond donors (Lipinski definition) is 3. The number of nitrogen functional groups attached to an aromatic ring is 1. The molecule has 0 bridgehead atoms. The Kier molecular flexibility index (Phi) is 3.56. The van der Waals surface area contributed by atoms with Crippen molar-refractivity contribution in [1.29, 1.82) is 0 Å². The van der Waals surface area contributed by atoms with Crippen molar-refractivity contribution in [3.63, 3.8) is 0 Å². The van der Waals surface area contributed by atoms with E-state index in [0.717, 1.165) is 0 Å². The zero-order chi connectivity index (χ0) is 13.0. The lowest BCUT2D eigenvalue weighted by molar-refractivity contribution is -0.125. The Hall–Kier alpha value is -2.38. The molecule has 0 saturated carbocycles. The molecule has 0 radical (unpaired) electrons. The first-order valence-electron chi connectivity index (χ1n) is 5.57. The molecule has 0 aliphatic carbocycles. The van der Waals surface area contributed by atoms with E-state index in [4.69, 9.17) is 5.73 Å². The Morgan fingerprint density at radius 1 is 1.67 bits per heavy atom. The Morgan fingerprint density at radius 2 is 2.50 bits per heavy atom. The molecule has 2 aromatic rings. The van der Waals surface area contributed by atoms with E-state index >= 15 is 0 Å². The van der Waals surface area contributed by atoms with Gasteiger partial charge in [0.25, 0.3) is 0 Å². The van der Waals surface area contributed by atoms with Gasteiger partial charge < -0.3 is 11.1 Å². The van der Waals surface area contributed by atoms with Crippen LogP contribution in [0.4, 0.5) is 5.95 Å². The molecule has 0 aromatic carbocycles. The first-order valence-corrected chi connectivity index (χ1v) is 5.57. The quantitative estimate of drug-likeness (QED) is 0.663. The van der Waals surface area contributed by atoms with Crippen molar-refractivity contribution in [2.75, 3.05) is 5.73 Å². The number of H-pyrrole nitrogens is 1. The number of amides is 1. The summed E-state index contributed by atoms with van der Waals surface area (Å²) in [7, 11) is 0. The fraction of sp³-hybridized carbons (Fsp3) is 0.400. The number of nitrogens with two attached hydrogens (primary N) is 1. The summed E-state index contributed by atoms with van der Waals surface area (Å²) in [5, 5.41) is 13.1. The third-order valence-corrected chi connectivity index (χ3v) is 2.45. The largest absolute Gasteiger partial charge is 0.367 e. The highest BCUT2D eigenvalue weighted by Gasteiger charge is 2.13. The van der Waals surface area contributed by atoms with E-state index in [-0.39, 0.29) is 24.3 Å². The predicted molar refractivity (Wildman–Crippen MR) is 64.0 cm³/mol. The van der Waals surface area contributed by atoms with E-state index < -0.39 is 0 Å². The minimum atomic E-state index is -0.176. The van der Waals surface area contributed by atoms with Crippen LogP contribution in [0.15, 0.2) is 18.5 Å². The van der Waals surface area contributed by atoms with E-state index in [1.54, 1.807) is 10.9 Å². The maximum Gasteiger partial charge on any atom is 0.239 e. The number of carbonyl (C=O) groups is 1. The average molecular weight is 249 g/mol. The summed E-state index contributed by atoms with van der Waals surface area (Å²) >= 11 is 0. The lowest BCUT2D eigenvalue weighted by Gasteiger charge is -2.11. The molecule has 1 amide bonds. The normalized spacial score (nSPS) is 12.3. The van der Waals surface area contributed by atoms with Gasteiger partial charge in [-0.3, -0.25) is 14.6 Å². The molecule has 1 atom stereocenters. The number of nitrogens with zero attached hydrogens (tertiary/aromatic N) is 4. The molecule has 0 aliphatic heterocycles. The summed E-state index contributed by atoms with van der Waals surface area (Å²) in [4.78, 5) is 15.7. The highest BCUT2D eigenvalue weighted by atomic mass is 16.1. The van der Waals surface area contributed by atoms with Crippen LogP contribution in [0.2, 0.25) is 0 Å². The molecular formula is C10H15N7O. The van der Waals surface area contributed by atoms with Gasteiger partial charge >= 0.3 is 0 Å². The number of aromatic amines is 1. The molecule has 0 unspecified atom stereocenters. The SMILES string of the molecule is C[C@H](Cn1cccn1)C(=O)NCc1nc(N)n[nH]1. The molecule has 4 N–H and O–H groups in total. The number of nitrogens with one attached hydrogen (secondary N) is 2. The second kappa shape index (κ2) is 5.30. The summed E-state index contributed by atoms with van der Waals surface area (Å²) < 4.78 is 1.72. The van der Waals surface area contributed by atoms with Gasteiger partial charge in [0, 0.05) is 12.4 Å². The molecule has 8 heteroatoms. The predicted octanol–water partition coefficient (Wildman–Crippen LogP) is -0.464. The molecule has 0 aliphatic rings. The third-order valence-electron chi connectivity index (χ3n) is 2.45. The van der Waals surface area contributed by atoms with Crippen molar-refractivity contribution in [3.05, 3.63) is 24.3 Å². The van der Waals surface area contributed by atoms with Crippen LogP contribution in [0, 0.1) is 5.92 Å². The lowest BCUT2D eigenvalue weighted by Crippen LogP contribution is -2.31. The van der Waals surface area contributed by atoms with Crippen molar-refractivity contribution < 1.29 is 4.79 Å². The van der Waals surface area contributed by atoms with Gasteiger partial charge in [0.1, 0.15) is 5.82 Å². The highest BCUT2D eigenvalue weighted by molar-refractivity contribution is 5.78. The van der Waals surface area contributed by atoms with Crippen molar-refractivity contribution in [3.8, 4) is 0 Å². The summed E-state index contributed by atoms with van der Waals surface area (Å²) in [5.41, 5.74) is 5.36. The molecule has 8 nitrogen and oxygen atoms in total. The van der Waals surface area contributed by atoms with Crippen LogP contribution >= 0.6 is 0 Å². The smallest absolute Gasteiger partial charge is 0.239 e. The summed E-state index contributed by atoms with van der Waals surface area (Å²) in [6.45, 7) is 2.66. The van der Waals surface area contributed by atoms with Gasteiger partial charge in [-0.2, -0.15) is 10.1 Å². The third kappa shape index (κ3) is 3.06. The van der Waals surface area contributed by atoms with Crippen LogP contribution in [0.5, 0.6) is 0 Å². The Morgan fingerprint density at radius 3 is 3.11 bits per heavy atom. The zero-order valence-corrected chi connectivity index (χ0v) is 10.00. The van der Waals surface area contributed by atoms with Gasteiger partial charge in [0.15, 0.2) is 0 Å². The number of rotatable bonds is 5. The fourth-order valence-corrected chi connectivity index (χ4v) is 1.51. The minimum Gasteiger partial charge on any atom is -0.367 e. The second-order valence-electron chi connectivity index (χ2n) is 3.99. The first-order chi connectivity index (χ1) is 8.65. The van der Waals surface area contributed by atoms with Crippen LogP contribution in [0.3, 0.4) is 0 Å². The Bertz CT molecular complexity index is 504. The molecule has 96 valence electrons. The van der Waals surface area contributed by atoms with Crippen molar-refractivity contribution >= 4 is 11.9 Å². The minimum absolute atomic E-state index is 0.0690. The lowest BCUT2D eigenvalue weighted by atomic mass is 10.1. The number of carbonyl (C=O) groups excluding carboxylic acids is 1. The van der Waals surface area contributed by atoms with Gasteiger partial charge in [-0.1, -0.05) is 6.92 Å². The number of aromatic nitrogens is 5. The van der Waals surface area contributed by atoms with Crippen molar-refractivity contribution in [1.82, 2.24) is 30.3 Å². The molecule has 2 aromatic heterocycles. The topological polar surface area (TPSA) is 115 Å². The van der Waals surface area contributed by atoms with Gasteiger partial charge in [-0.05, 0) is 6.07 Å². The Balaban J connectivity index is 1.80. The van der Waals surface area contributed by atoms with Gasteiger partial charge in [-0.15, -0.1) is 5.10 Å². The Labute approximate surface area is 104 Å². The van der Waals surface area contributed by atoms with Gasteiger partial charge in [-0.25, -0.2) is 0 Å². The number of hydrogen-bond acceptors (Lipinski definition) is 5. The first kappa shape index (κ1) is 12.1. The van der Waals surface area contributed by atoms with Gasteiger partial charge in [0.2, 0.25) is 11.9 Å². The molecule has 18 heavy (non-hydrogen) atoms. The summed E-state index contributed by atoms with van der Waals surface area (Å²) in [5.74, 6) is 0.460.